The fourth-order valence-electron chi connectivity index (χ4n) is 2.19. The van der Waals surface area contributed by atoms with Gasteiger partial charge in [-0.3, -0.25) is 9.48 Å². The summed E-state index contributed by atoms with van der Waals surface area (Å²) in [5.74, 6) is 0. The van der Waals surface area contributed by atoms with E-state index >= 15 is 0 Å². The third-order valence-electron chi connectivity index (χ3n) is 3.03. The highest BCUT2D eigenvalue weighted by molar-refractivity contribution is 7.71. The maximum atomic E-state index is 12.6. The summed E-state index contributed by atoms with van der Waals surface area (Å²) in [4.78, 5) is 15.6. The first-order valence-electron chi connectivity index (χ1n) is 5.82. The second kappa shape index (κ2) is 4.17. The van der Waals surface area contributed by atoms with Gasteiger partial charge in [0.15, 0.2) is 4.77 Å². The lowest BCUT2D eigenvalue weighted by atomic mass is 10.2. The van der Waals surface area contributed by atoms with Crippen molar-refractivity contribution in [2.24, 2.45) is 7.05 Å². The van der Waals surface area contributed by atoms with Crippen molar-refractivity contribution in [2.75, 3.05) is 0 Å². The second-order valence-electron chi connectivity index (χ2n) is 4.39. The van der Waals surface area contributed by atoms with E-state index < -0.39 is 0 Å². The van der Waals surface area contributed by atoms with E-state index in [1.165, 1.54) is 4.57 Å². The highest BCUT2D eigenvalue weighted by atomic mass is 32.1. The van der Waals surface area contributed by atoms with Crippen LogP contribution in [0.25, 0.3) is 16.6 Å². The Labute approximate surface area is 114 Å². The Kier molecular flexibility index (Phi) is 2.60. The summed E-state index contributed by atoms with van der Waals surface area (Å²) in [6.45, 7) is 1.85. The van der Waals surface area contributed by atoms with Gasteiger partial charge in [-0.2, -0.15) is 5.10 Å². The van der Waals surface area contributed by atoms with Crippen LogP contribution in [0.1, 0.15) is 5.69 Å². The lowest BCUT2D eigenvalue weighted by Crippen LogP contribution is -2.20. The summed E-state index contributed by atoms with van der Waals surface area (Å²) in [6, 6.07) is 7.33. The van der Waals surface area contributed by atoms with E-state index in [9.17, 15) is 4.79 Å². The third-order valence-corrected chi connectivity index (χ3v) is 3.32. The van der Waals surface area contributed by atoms with Crippen molar-refractivity contribution in [3.63, 3.8) is 0 Å². The number of benzene rings is 1. The van der Waals surface area contributed by atoms with E-state index in [2.05, 4.69) is 10.1 Å². The molecule has 3 aromatic rings. The van der Waals surface area contributed by atoms with Crippen molar-refractivity contribution < 1.29 is 0 Å². The van der Waals surface area contributed by atoms with E-state index in [0.717, 1.165) is 11.2 Å². The number of hydrogen-bond donors (Lipinski definition) is 1. The fourth-order valence-corrected chi connectivity index (χ4v) is 2.48. The Bertz CT molecular complexity index is 888. The van der Waals surface area contributed by atoms with Gasteiger partial charge in [-0.1, -0.05) is 12.1 Å². The van der Waals surface area contributed by atoms with Crippen LogP contribution in [0.4, 0.5) is 0 Å². The molecule has 0 aliphatic carbocycles. The molecule has 0 bridgehead atoms. The predicted octanol–water partition coefficient (Wildman–Crippen LogP) is 2.09. The standard InChI is InChI=1S/C13H12N4OS/c1-8-11(7-16(2)15-8)17-12(18)9-5-3-4-6-10(9)14-13(17)19/h3-7H,1-2H3,(H,14,19). The van der Waals surface area contributed by atoms with Crippen molar-refractivity contribution in [1.82, 2.24) is 19.3 Å². The normalized spacial score (nSPS) is 11.1. The molecule has 0 fully saturated rings. The lowest BCUT2D eigenvalue weighted by Gasteiger charge is -2.06. The van der Waals surface area contributed by atoms with Crippen LogP contribution in [0.15, 0.2) is 35.3 Å². The Morgan fingerprint density at radius 2 is 2.05 bits per heavy atom. The number of hydrogen-bond acceptors (Lipinski definition) is 3. The minimum Gasteiger partial charge on any atom is -0.331 e. The maximum Gasteiger partial charge on any atom is 0.266 e. The number of aromatic amines is 1. The van der Waals surface area contributed by atoms with Gasteiger partial charge in [0.05, 0.1) is 22.3 Å². The molecule has 0 saturated carbocycles. The summed E-state index contributed by atoms with van der Waals surface area (Å²) in [7, 11) is 1.81. The monoisotopic (exact) mass is 272 g/mol. The number of H-pyrrole nitrogens is 1. The zero-order valence-corrected chi connectivity index (χ0v) is 11.4. The first kappa shape index (κ1) is 11.9. The molecule has 0 radical (unpaired) electrons. The first-order chi connectivity index (χ1) is 9.08. The van der Waals surface area contributed by atoms with Crippen LogP contribution in [-0.4, -0.2) is 19.3 Å². The van der Waals surface area contributed by atoms with Crippen LogP contribution in [0.2, 0.25) is 0 Å². The summed E-state index contributed by atoms with van der Waals surface area (Å²) in [5.41, 5.74) is 2.09. The van der Waals surface area contributed by atoms with Crippen molar-refractivity contribution >= 4 is 23.1 Å². The minimum absolute atomic E-state index is 0.129. The van der Waals surface area contributed by atoms with Crippen LogP contribution >= 0.6 is 12.2 Å². The van der Waals surface area contributed by atoms with E-state index in [1.807, 2.05) is 32.2 Å². The van der Waals surface area contributed by atoms with Crippen LogP contribution < -0.4 is 5.56 Å². The van der Waals surface area contributed by atoms with Crippen molar-refractivity contribution in [3.8, 4) is 5.69 Å². The molecule has 19 heavy (non-hydrogen) atoms. The van der Waals surface area contributed by atoms with Crippen molar-refractivity contribution in [2.45, 2.75) is 6.92 Å². The molecule has 0 unspecified atom stereocenters. The molecule has 0 saturated heterocycles. The second-order valence-corrected chi connectivity index (χ2v) is 4.78. The quantitative estimate of drug-likeness (QED) is 0.690. The molecular formula is C13H12N4OS. The SMILES string of the molecule is Cc1nn(C)cc1-n1c(=S)[nH]c2ccccc2c1=O. The summed E-state index contributed by atoms with van der Waals surface area (Å²) in [5, 5.41) is 4.86. The molecule has 0 aliphatic heterocycles. The molecule has 1 aromatic carbocycles. The molecule has 6 heteroatoms. The van der Waals surface area contributed by atoms with Gasteiger partial charge >= 0.3 is 0 Å². The number of fused-ring (bicyclic) bond motifs is 1. The van der Waals surface area contributed by atoms with Crippen LogP contribution in [-0.2, 0) is 7.05 Å². The zero-order valence-electron chi connectivity index (χ0n) is 10.5. The average Bonchev–Trinajstić information content (AvgIpc) is 2.68. The number of aryl methyl sites for hydroxylation is 2. The van der Waals surface area contributed by atoms with E-state index in [1.54, 1.807) is 16.9 Å². The van der Waals surface area contributed by atoms with Crippen LogP contribution in [0.5, 0.6) is 0 Å². The molecule has 0 atom stereocenters. The van der Waals surface area contributed by atoms with Gasteiger partial charge in [0.2, 0.25) is 0 Å². The van der Waals surface area contributed by atoms with Gasteiger partial charge in [-0.15, -0.1) is 0 Å². The molecule has 3 rings (SSSR count). The lowest BCUT2D eigenvalue weighted by molar-refractivity contribution is 0.756. The highest BCUT2D eigenvalue weighted by Crippen LogP contribution is 2.13. The van der Waals surface area contributed by atoms with Gasteiger partial charge in [-0.25, -0.2) is 4.57 Å². The topological polar surface area (TPSA) is 55.6 Å². The smallest absolute Gasteiger partial charge is 0.266 e. The minimum atomic E-state index is -0.129. The molecule has 2 aromatic heterocycles. The third kappa shape index (κ3) is 1.80. The van der Waals surface area contributed by atoms with Gasteiger partial charge in [-0.05, 0) is 31.3 Å². The van der Waals surface area contributed by atoms with Gasteiger partial charge in [0.1, 0.15) is 0 Å². The van der Waals surface area contributed by atoms with Crippen LogP contribution in [0, 0.1) is 11.7 Å². The highest BCUT2D eigenvalue weighted by Gasteiger charge is 2.11. The zero-order chi connectivity index (χ0) is 13.6. The molecule has 0 spiro atoms. The Balaban J connectivity index is 2.46. The predicted molar refractivity (Wildman–Crippen MR) is 76.2 cm³/mol. The van der Waals surface area contributed by atoms with Gasteiger partial charge in [0, 0.05) is 13.2 Å². The van der Waals surface area contributed by atoms with Crippen molar-refractivity contribution in [1.29, 1.82) is 0 Å². The van der Waals surface area contributed by atoms with Gasteiger partial charge in [0.25, 0.3) is 5.56 Å². The average molecular weight is 272 g/mol. The molecule has 1 N–H and O–H groups in total. The molecular weight excluding hydrogens is 260 g/mol. The van der Waals surface area contributed by atoms with Gasteiger partial charge < -0.3 is 4.98 Å². The molecule has 96 valence electrons. The number of rotatable bonds is 1. The molecule has 0 aliphatic rings. The fraction of sp³-hybridized carbons (Fsp3) is 0.154. The van der Waals surface area contributed by atoms with Crippen LogP contribution in [0.3, 0.4) is 0 Å². The first-order valence-corrected chi connectivity index (χ1v) is 6.23. The van der Waals surface area contributed by atoms with E-state index in [0.29, 0.717) is 15.8 Å². The summed E-state index contributed by atoms with van der Waals surface area (Å²) >= 11 is 5.29. The number of nitrogens with one attached hydrogen (secondary N) is 1. The number of nitrogens with zero attached hydrogens (tertiary/aromatic N) is 3. The molecule has 2 heterocycles. The Hall–Kier alpha value is -2.21. The summed E-state index contributed by atoms with van der Waals surface area (Å²) < 4.78 is 3.53. The van der Waals surface area contributed by atoms with E-state index in [4.69, 9.17) is 12.2 Å². The van der Waals surface area contributed by atoms with E-state index in [-0.39, 0.29) is 5.56 Å². The Morgan fingerprint density at radius 3 is 2.74 bits per heavy atom. The summed E-state index contributed by atoms with van der Waals surface area (Å²) in [6.07, 6.45) is 1.79. The number of aromatic nitrogens is 4. The Morgan fingerprint density at radius 1 is 1.32 bits per heavy atom. The van der Waals surface area contributed by atoms with Crippen molar-refractivity contribution in [3.05, 3.63) is 51.3 Å². The molecule has 0 amide bonds. The maximum absolute atomic E-state index is 12.6. The largest absolute Gasteiger partial charge is 0.331 e. The molecule has 5 nitrogen and oxygen atoms in total. The number of para-hydroxylation sites is 1.